The Hall–Kier alpha value is -2.14. The second-order valence-electron chi connectivity index (χ2n) is 5.95. The van der Waals surface area contributed by atoms with Crippen LogP contribution in [-0.2, 0) is 6.54 Å². The van der Waals surface area contributed by atoms with Gasteiger partial charge >= 0.3 is 0 Å². The van der Waals surface area contributed by atoms with Crippen LogP contribution < -0.4 is 11.5 Å². The summed E-state index contributed by atoms with van der Waals surface area (Å²) < 4.78 is 2.13. The normalized spacial score (nSPS) is 12.4. The van der Waals surface area contributed by atoms with Gasteiger partial charge in [-0.3, -0.25) is 0 Å². The SMILES string of the molecule is Cc1nc2c(N)nc3ccccc3c2n1CC(C)(C)N. The molecule has 104 valence electrons. The molecular formula is C15H19N5. The molecule has 0 aliphatic rings. The van der Waals surface area contributed by atoms with Gasteiger partial charge in [-0.1, -0.05) is 18.2 Å². The molecule has 2 aromatic heterocycles. The van der Waals surface area contributed by atoms with Gasteiger partial charge in [-0.25, -0.2) is 9.97 Å². The van der Waals surface area contributed by atoms with Gasteiger partial charge in [-0.05, 0) is 26.8 Å². The van der Waals surface area contributed by atoms with Crippen molar-refractivity contribution < 1.29 is 0 Å². The van der Waals surface area contributed by atoms with Crippen molar-refractivity contribution in [3.05, 3.63) is 30.1 Å². The Morgan fingerprint density at radius 1 is 1.20 bits per heavy atom. The maximum absolute atomic E-state index is 6.17. The first-order valence-corrected chi connectivity index (χ1v) is 6.67. The molecule has 4 N–H and O–H groups in total. The molecule has 0 radical (unpaired) electrons. The lowest BCUT2D eigenvalue weighted by Crippen LogP contribution is -2.37. The largest absolute Gasteiger partial charge is 0.382 e. The Bertz CT molecular complexity index is 795. The number of nitrogen functional groups attached to an aromatic ring is 1. The summed E-state index contributed by atoms with van der Waals surface area (Å²) in [6.07, 6.45) is 0. The number of aromatic nitrogens is 3. The lowest BCUT2D eigenvalue weighted by molar-refractivity contribution is 0.435. The van der Waals surface area contributed by atoms with Crippen LogP contribution in [0, 0.1) is 6.92 Å². The molecule has 0 saturated heterocycles. The average molecular weight is 269 g/mol. The Kier molecular flexibility index (Phi) is 2.69. The van der Waals surface area contributed by atoms with Gasteiger partial charge in [0.2, 0.25) is 0 Å². The molecule has 0 spiro atoms. The summed E-state index contributed by atoms with van der Waals surface area (Å²) in [6, 6.07) is 7.97. The molecule has 0 saturated carbocycles. The molecule has 3 rings (SSSR count). The molecule has 2 heterocycles. The lowest BCUT2D eigenvalue weighted by atomic mass is 10.1. The number of rotatable bonds is 2. The fourth-order valence-electron chi connectivity index (χ4n) is 2.57. The number of para-hydroxylation sites is 1. The monoisotopic (exact) mass is 269 g/mol. The van der Waals surface area contributed by atoms with E-state index in [0.717, 1.165) is 27.8 Å². The number of anilines is 1. The predicted octanol–water partition coefficient (Wildman–Crippen LogP) is 2.21. The highest BCUT2D eigenvalue weighted by molar-refractivity contribution is 6.06. The van der Waals surface area contributed by atoms with Gasteiger partial charge in [-0.2, -0.15) is 0 Å². The van der Waals surface area contributed by atoms with Crippen molar-refractivity contribution in [2.75, 3.05) is 5.73 Å². The Morgan fingerprint density at radius 3 is 2.60 bits per heavy atom. The third-order valence-electron chi connectivity index (χ3n) is 3.37. The van der Waals surface area contributed by atoms with Crippen LogP contribution in [0.1, 0.15) is 19.7 Å². The number of imidazole rings is 1. The van der Waals surface area contributed by atoms with E-state index in [4.69, 9.17) is 11.5 Å². The van der Waals surface area contributed by atoms with E-state index in [2.05, 4.69) is 14.5 Å². The fourth-order valence-corrected chi connectivity index (χ4v) is 2.57. The molecule has 1 aromatic carbocycles. The maximum atomic E-state index is 6.17. The standard InChI is InChI=1S/C15H19N5/c1-9-18-12-13(20(9)8-15(2,3)17)10-6-4-5-7-11(10)19-14(12)16/h4-7H,8,17H2,1-3H3,(H2,16,19). The topological polar surface area (TPSA) is 82.8 Å². The number of nitrogens with zero attached hydrogens (tertiary/aromatic N) is 3. The molecule has 5 nitrogen and oxygen atoms in total. The van der Waals surface area contributed by atoms with Crippen molar-refractivity contribution in [3.63, 3.8) is 0 Å². The Balaban J connectivity index is 2.42. The summed E-state index contributed by atoms with van der Waals surface area (Å²) in [5, 5.41) is 1.06. The molecule has 0 unspecified atom stereocenters. The van der Waals surface area contributed by atoms with Gasteiger partial charge in [0.15, 0.2) is 5.82 Å². The third-order valence-corrected chi connectivity index (χ3v) is 3.37. The van der Waals surface area contributed by atoms with Crippen LogP contribution in [0.2, 0.25) is 0 Å². The van der Waals surface area contributed by atoms with Crippen LogP contribution in [0.25, 0.3) is 21.9 Å². The Morgan fingerprint density at radius 2 is 1.90 bits per heavy atom. The first-order chi connectivity index (χ1) is 9.37. The van der Waals surface area contributed by atoms with E-state index in [-0.39, 0.29) is 5.54 Å². The van der Waals surface area contributed by atoms with E-state index in [1.807, 2.05) is 45.0 Å². The first-order valence-electron chi connectivity index (χ1n) is 6.67. The summed E-state index contributed by atoms with van der Waals surface area (Å²) >= 11 is 0. The molecule has 5 heteroatoms. The van der Waals surface area contributed by atoms with Crippen molar-refractivity contribution in [2.45, 2.75) is 32.9 Å². The number of pyridine rings is 1. The molecule has 3 aromatic rings. The van der Waals surface area contributed by atoms with Gasteiger partial charge < -0.3 is 16.0 Å². The highest BCUT2D eigenvalue weighted by Gasteiger charge is 2.19. The summed E-state index contributed by atoms with van der Waals surface area (Å²) in [6.45, 7) is 6.67. The first kappa shape index (κ1) is 12.9. The lowest BCUT2D eigenvalue weighted by Gasteiger charge is -2.21. The number of benzene rings is 1. The highest BCUT2D eigenvalue weighted by atomic mass is 15.1. The van der Waals surface area contributed by atoms with Crippen LogP contribution >= 0.6 is 0 Å². The van der Waals surface area contributed by atoms with Crippen molar-refractivity contribution in [3.8, 4) is 0 Å². The molecule has 0 fully saturated rings. The zero-order valence-electron chi connectivity index (χ0n) is 12.0. The second kappa shape index (κ2) is 4.18. The highest BCUT2D eigenvalue weighted by Crippen LogP contribution is 2.29. The maximum Gasteiger partial charge on any atom is 0.152 e. The van der Waals surface area contributed by atoms with E-state index >= 15 is 0 Å². The van der Waals surface area contributed by atoms with E-state index in [0.29, 0.717) is 12.4 Å². The molecule has 0 amide bonds. The summed E-state index contributed by atoms with van der Waals surface area (Å²) in [4.78, 5) is 8.99. The van der Waals surface area contributed by atoms with E-state index < -0.39 is 0 Å². The van der Waals surface area contributed by atoms with Crippen LogP contribution in [-0.4, -0.2) is 20.1 Å². The van der Waals surface area contributed by atoms with Gasteiger partial charge in [0, 0.05) is 17.5 Å². The minimum Gasteiger partial charge on any atom is -0.382 e. The number of hydrogen-bond donors (Lipinski definition) is 2. The molecule has 0 aliphatic heterocycles. The molecular weight excluding hydrogens is 250 g/mol. The molecule has 20 heavy (non-hydrogen) atoms. The van der Waals surface area contributed by atoms with Gasteiger partial charge in [0.1, 0.15) is 11.3 Å². The predicted molar refractivity (Wildman–Crippen MR) is 82.4 cm³/mol. The second-order valence-corrected chi connectivity index (χ2v) is 5.95. The quantitative estimate of drug-likeness (QED) is 0.747. The van der Waals surface area contributed by atoms with E-state index in [9.17, 15) is 0 Å². The van der Waals surface area contributed by atoms with Gasteiger partial charge in [0.25, 0.3) is 0 Å². The number of aryl methyl sites for hydroxylation is 1. The van der Waals surface area contributed by atoms with Crippen molar-refractivity contribution in [1.29, 1.82) is 0 Å². The van der Waals surface area contributed by atoms with Crippen LogP contribution in [0.15, 0.2) is 24.3 Å². The van der Waals surface area contributed by atoms with Crippen molar-refractivity contribution in [2.24, 2.45) is 5.73 Å². The van der Waals surface area contributed by atoms with E-state index in [1.165, 1.54) is 0 Å². The van der Waals surface area contributed by atoms with Crippen LogP contribution in [0.4, 0.5) is 5.82 Å². The Labute approximate surface area is 117 Å². The summed E-state index contributed by atoms with van der Waals surface area (Å²) in [5.41, 5.74) is 14.6. The fraction of sp³-hybridized carbons (Fsp3) is 0.333. The number of hydrogen-bond acceptors (Lipinski definition) is 4. The average Bonchev–Trinajstić information content (AvgIpc) is 2.66. The minimum absolute atomic E-state index is 0.322. The van der Waals surface area contributed by atoms with Gasteiger partial charge in [0.05, 0.1) is 11.0 Å². The van der Waals surface area contributed by atoms with Crippen molar-refractivity contribution >= 4 is 27.8 Å². The molecule has 0 aliphatic carbocycles. The number of fused-ring (bicyclic) bond motifs is 3. The molecule has 0 bridgehead atoms. The van der Waals surface area contributed by atoms with E-state index in [1.54, 1.807) is 0 Å². The number of nitrogens with two attached hydrogens (primary N) is 2. The third kappa shape index (κ3) is 2.00. The van der Waals surface area contributed by atoms with Crippen LogP contribution in [0.5, 0.6) is 0 Å². The van der Waals surface area contributed by atoms with Crippen LogP contribution in [0.3, 0.4) is 0 Å². The van der Waals surface area contributed by atoms with Gasteiger partial charge in [-0.15, -0.1) is 0 Å². The molecule has 0 atom stereocenters. The summed E-state index contributed by atoms with van der Waals surface area (Å²) in [5.74, 6) is 1.37. The minimum atomic E-state index is -0.322. The zero-order chi connectivity index (χ0) is 14.5. The zero-order valence-corrected chi connectivity index (χ0v) is 12.0. The van der Waals surface area contributed by atoms with Crippen molar-refractivity contribution in [1.82, 2.24) is 14.5 Å². The summed E-state index contributed by atoms with van der Waals surface area (Å²) in [7, 11) is 0. The smallest absolute Gasteiger partial charge is 0.152 e.